The third-order valence-corrected chi connectivity index (χ3v) is 3.36. The van der Waals surface area contributed by atoms with Crippen molar-refractivity contribution < 1.29 is 9.53 Å². The Morgan fingerprint density at radius 2 is 2.31 bits per heavy atom. The molecule has 0 radical (unpaired) electrons. The quantitative estimate of drug-likeness (QED) is 0.652. The van der Waals surface area contributed by atoms with Crippen molar-refractivity contribution in [3.8, 4) is 0 Å². The van der Waals surface area contributed by atoms with Crippen molar-refractivity contribution in [2.24, 2.45) is 5.73 Å². The van der Waals surface area contributed by atoms with Crippen LogP contribution in [0.15, 0.2) is 23.1 Å². The van der Waals surface area contributed by atoms with Gasteiger partial charge in [0.2, 0.25) is 0 Å². The number of ether oxygens (including phenoxy) is 1. The van der Waals surface area contributed by atoms with Gasteiger partial charge in [-0.3, -0.25) is 4.79 Å². The maximum Gasteiger partial charge on any atom is 0.316 e. The highest BCUT2D eigenvalue weighted by atomic mass is 35.5. The molecular formula is C11H14ClNO2S. The number of hydrogen-bond donors (Lipinski definition) is 1. The van der Waals surface area contributed by atoms with Gasteiger partial charge >= 0.3 is 5.97 Å². The number of esters is 1. The van der Waals surface area contributed by atoms with Gasteiger partial charge in [0.05, 0.1) is 12.4 Å². The Morgan fingerprint density at radius 1 is 1.56 bits per heavy atom. The van der Waals surface area contributed by atoms with E-state index in [0.717, 1.165) is 10.5 Å². The summed E-state index contributed by atoms with van der Waals surface area (Å²) < 4.78 is 4.84. The van der Waals surface area contributed by atoms with Gasteiger partial charge in [0.25, 0.3) is 0 Å². The first-order valence-corrected chi connectivity index (χ1v) is 6.31. The van der Waals surface area contributed by atoms with Gasteiger partial charge in [-0.1, -0.05) is 17.7 Å². The summed E-state index contributed by atoms with van der Waals surface area (Å²) >= 11 is 7.39. The molecule has 0 amide bonds. The van der Waals surface area contributed by atoms with E-state index in [4.69, 9.17) is 22.1 Å². The van der Waals surface area contributed by atoms with Gasteiger partial charge < -0.3 is 10.5 Å². The highest BCUT2D eigenvalue weighted by Gasteiger charge is 2.08. The van der Waals surface area contributed by atoms with Crippen LogP contribution >= 0.6 is 23.4 Å². The molecule has 1 aromatic carbocycles. The molecule has 1 rings (SSSR count). The van der Waals surface area contributed by atoms with E-state index in [-0.39, 0.29) is 11.7 Å². The fraction of sp³-hybridized carbons (Fsp3) is 0.364. The zero-order valence-electron chi connectivity index (χ0n) is 9.03. The normalized spacial score (nSPS) is 10.2. The Morgan fingerprint density at radius 3 is 2.94 bits per heavy atom. The van der Waals surface area contributed by atoms with Crippen LogP contribution < -0.4 is 5.73 Å². The van der Waals surface area contributed by atoms with Gasteiger partial charge in [0.15, 0.2) is 0 Å². The Balaban J connectivity index is 2.66. The average Bonchev–Trinajstić information content (AvgIpc) is 2.27. The number of halogens is 1. The predicted octanol–water partition coefficient (Wildman–Crippen LogP) is 2.45. The third-order valence-electron chi connectivity index (χ3n) is 1.93. The summed E-state index contributed by atoms with van der Waals surface area (Å²) in [6, 6.07) is 5.53. The van der Waals surface area contributed by atoms with Gasteiger partial charge in [0, 0.05) is 16.5 Å². The molecule has 3 nitrogen and oxygen atoms in total. The Kier molecular flexibility index (Phi) is 5.66. The predicted molar refractivity (Wildman–Crippen MR) is 66.7 cm³/mol. The molecular weight excluding hydrogens is 246 g/mol. The Hall–Kier alpha value is -0.710. The van der Waals surface area contributed by atoms with E-state index in [1.807, 2.05) is 12.1 Å². The first-order valence-electron chi connectivity index (χ1n) is 4.95. The van der Waals surface area contributed by atoms with Crippen LogP contribution in [0.25, 0.3) is 0 Å². The third kappa shape index (κ3) is 3.70. The minimum absolute atomic E-state index is 0.226. The molecule has 0 unspecified atom stereocenters. The molecule has 0 bridgehead atoms. The zero-order valence-corrected chi connectivity index (χ0v) is 10.6. The molecule has 0 saturated heterocycles. The van der Waals surface area contributed by atoms with E-state index < -0.39 is 0 Å². The van der Waals surface area contributed by atoms with Crippen LogP contribution in [0, 0.1) is 0 Å². The molecule has 0 aromatic heterocycles. The highest BCUT2D eigenvalue weighted by molar-refractivity contribution is 8.00. The molecule has 16 heavy (non-hydrogen) atoms. The number of benzene rings is 1. The number of nitrogens with two attached hydrogens (primary N) is 1. The molecule has 2 N–H and O–H groups in total. The van der Waals surface area contributed by atoms with Gasteiger partial charge in [-0.2, -0.15) is 0 Å². The van der Waals surface area contributed by atoms with Crippen molar-refractivity contribution in [1.29, 1.82) is 0 Å². The lowest BCUT2D eigenvalue weighted by Crippen LogP contribution is -2.07. The van der Waals surface area contributed by atoms with Gasteiger partial charge in [-0.25, -0.2) is 0 Å². The summed E-state index contributed by atoms with van der Waals surface area (Å²) in [6.45, 7) is 2.55. The average molecular weight is 260 g/mol. The van der Waals surface area contributed by atoms with Gasteiger partial charge in [0.1, 0.15) is 0 Å². The lowest BCUT2D eigenvalue weighted by Gasteiger charge is -2.08. The van der Waals surface area contributed by atoms with E-state index in [1.54, 1.807) is 13.0 Å². The first-order chi connectivity index (χ1) is 7.69. The minimum atomic E-state index is -0.226. The van der Waals surface area contributed by atoms with E-state index in [9.17, 15) is 4.79 Å². The van der Waals surface area contributed by atoms with E-state index >= 15 is 0 Å². The van der Waals surface area contributed by atoms with Crippen LogP contribution in [-0.4, -0.2) is 18.3 Å². The fourth-order valence-electron chi connectivity index (χ4n) is 1.21. The van der Waals surface area contributed by atoms with Crippen molar-refractivity contribution in [3.05, 3.63) is 28.8 Å². The molecule has 5 heteroatoms. The molecule has 0 spiro atoms. The number of carbonyl (C=O) groups is 1. The number of hydrogen-bond acceptors (Lipinski definition) is 4. The molecule has 0 aliphatic rings. The van der Waals surface area contributed by atoms with E-state index in [0.29, 0.717) is 18.2 Å². The van der Waals surface area contributed by atoms with E-state index in [2.05, 4.69) is 0 Å². The first kappa shape index (κ1) is 13.4. The molecule has 88 valence electrons. The maximum atomic E-state index is 11.2. The second kappa shape index (κ2) is 6.78. The second-order valence-corrected chi connectivity index (χ2v) is 4.44. The maximum absolute atomic E-state index is 11.2. The van der Waals surface area contributed by atoms with E-state index in [1.165, 1.54) is 11.8 Å². The molecule has 1 aromatic rings. The molecule has 0 fully saturated rings. The summed E-state index contributed by atoms with van der Waals surface area (Å²) in [6.07, 6.45) is 0. The topological polar surface area (TPSA) is 52.3 Å². The molecule has 0 saturated carbocycles. The minimum Gasteiger partial charge on any atom is -0.465 e. The summed E-state index contributed by atoms with van der Waals surface area (Å²) in [5, 5.41) is 0.636. The Labute approximate surface area is 104 Å². The van der Waals surface area contributed by atoms with Gasteiger partial charge in [-0.05, 0) is 24.6 Å². The molecule has 0 aliphatic carbocycles. The van der Waals surface area contributed by atoms with Crippen LogP contribution in [-0.2, 0) is 16.1 Å². The summed E-state index contributed by atoms with van der Waals surface area (Å²) in [7, 11) is 0. The monoisotopic (exact) mass is 259 g/mol. The van der Waals surface area contributed by atoms with Crippen LogP contribution in [0.1, 0.15) is 12.5 Å². The number of rotatable bonds is 5. The summed E-state index contributed by atoms with van der Waals surface area (Å²) in [5.74, 6) is 0.0525. The summed E-state index contributed by atoms with van der Waals surface area (Å²) in [4.78, 5) is 12.1. The van der Waals surface area contributed by atoms with Crippen LogP contribution in [0.3, 0.4) is 0 Å². The lowest BCUT2D eigenvalue weighted by molar-refractivity contribution is -0.139. The lowest BCUT2D eigenvalue weighted by atomic mass is 10.2. The standard InChI is InChI=1S/C11H14ClNO2S/c1-2-15-11(14)7-16-10-5-3-4-9(12)8(10)6-13/h3-5H,2,6-7,13H2,1H3. The molecule has 0 atom stereocenters. The highest BCUT2D eigenvalue weighted by Crippen LogP contribution is 2.28. The van der Waals surface area contributed by atoms with Crippen molar-refractivity contribution in [2.75, 3.05) is 12.4 Å². The Bertz CT molecular complexity index is 371. The number of thioether (sulfide) groups is 1. The zero-order chi connectivity index (χ0) is 12.0. The second-order valence-electron chi connectivity index (χ2n) is 3.01. The SMILES string of the molecule is CCOC(=O)CSc1cccc(Cl)c1CN. The number of carbonyl (C=O) groups excluding carboxylic acids is 1. The molecule has 0 heterocycles. The van der Waals surface area contributed by atoms with Crippen molar-refractivity contribution >= 4 is 29.3 Å². The molecule has 0 aliphatic heterocycles. The van der Waals surface area contributed by atoms with Gasteiger partial charge in [-0.15, -0.1) is 11.8 Å². The van der Waals surface area contributed by atoms with Crippen LogP contribution in [0.4, 0.5) is 0 Å². The smallest absolute Gasteiger partial charge is 0.316 e. The summed E-state index contributed by atoms with van der Waals surface area (Å²) in [5.41, 5.74) is 6.48. The largest absolute Gasteiger partial charge is 0.465 e. The van der Waals surface area contributed by atoms with Crippen molar-refractivity contribution in [1.82, 2.24) is 0 Å². The van der Waals surface area contributed by atoms with Crippen molar-refractivity contribution in [3.63, 3.8) is 0 Å². The van der Waals surface area contributed by atoms with Crippen LogP contribution in [0.2, 0.25) is 5.02 Å². The van der Waals surface area contributed by atoms with Crippen LogP contribution in [0.5, 0.6) is 0 Å². The fourth-order valence-corrected chi connectivity index (χ4v) is 2.42. The van der Waals surface area contributed by atoms with Crippen molar-refractivity contribution in [2.45, 2.75) is 18.4 Å².